The third-order valence-electron chi connectivity index (χ3n) is 4.11. The van der Waals surface area contributed by atoms with Crippen LogP contribution in [0.25, 0.3) is 0 Å². The van der Waals surface area contributed by atoms with Crippen molar-refractivity contribution in [2.45, 2.75) is 50.4 Å². The molecule has 5 nitrogen and oxygen atoms in total. The maximum absolute atomic E-state index is 12.1. The Labute approximate surface area is 134 Å². The van der Waals surface area contributed by atoms with Crippen molar-refractivity contribution in [1.29, 1.82) is 0 Å². The standard InChI is InChI=1S/C14H24N4OS2/c1-4-15-13-17-18-14(21-13)20-8-12(19)16-11-7-5-6-9(2)10(11)3/h9-11H,4-8H2,1-3H3,(H,15,17)(H,16,19)/t9-,10+,11-/m1/s1. The topological polar surface area (TPSA) is 66.9 Å². The molecule has 1 fully saturated rings. The summed E-state index contributed by atoms with van der Waals surface area (Å²) in [7, 11) is 0. The van der Waals surface area contributed by atoms with Gasteiger partial charge >= 0.3 is 0 Å². The molecule has 1 aromatic rings. The van der Waals surface area contributed by atoms with Crippen LogP contribution in [0.3, 0.4) is 0 Å². The van der Waals surface area contributed by atoms with Gasteiger partial charge in [0.2, 0.25) is 11.0 Å². The Hall–Kier alpha value is -0.820. The molecule has 0 aliphatic heterocycles. The van der Waals surface area contributed by atoms with E-state index in [1.807, 2.05) is 6.92 Å². The van der Waals surface area contributed by atoms with E-state index in [9.17, 15) is 4.79 Å². The van der Waals surface area contributed by atoms with Crippen LogP contribution >= 0.6 is 23.1 Å². The number of nitrogens with one attached hydrogen (secondary N) is 2. The molecule has 2 rings (SSSR count). The minimum absolute atomic E-state index is 0.103. The molecule has 1 aliphatic carbocycles. The highest BCUT2D eigenvalue weighted by atomic mass is 32.2. The molecule has 3 atom stereocenters. The maximum Gasteiger partial charge on any atom is 0.230 e. The molecule has 7 heteroatoms. The van der Waals surface area contributed by atoms with Gasteiger partial charge in [-0.05, 0) is 25.2 Å². The summed E-state index contributed by atoms with van der Waals surface area (Å²) in [4.78, 5) is 12.1. The van der Waals surface area contributed by atoms with Crippen LogP contribution in [0, 0.1) is 11.8 Å². The molecule has 1 saturated carbocycles. The second-order valence-electron chi connectivity index (χ2n) is 5.63. The van der Waals surface area contributed by atoms with Crippen LogP contribution in [0.4, 0.5) is 5.13 Å². The number of hydrogen-bond donors (Lipinski definition) is 2. The first-order valence-corrected chi connectivity index (χ1v) is 9.40. The fraction of sp³-hybridized carbons (Fsp3) is 0.786. The first-order valence-electron chi connectivity index (χ1n) is 7.59. The van der Waals surface area contributed by atoms with E-state index in [-0.39, 0.29) is 5.91 Å². The quantitative estimate of drug-likeness (QED) is 0.786. The van der Waals surface area contributed by atoms with Gasteiger partial charge in [0.1, 0.15) is 0 Å². The first kappa shape index (κ1) is 16.5. The zero-order chi connectivity index (χ0) is 15.2. The first-order chi connectivity index (χ1) is 10.1. The van der Waals surface area contributed by atoms with Crippen molar-refractivity contribution in [3.8, 4) is 0 Å². The monoisotopic (exact) mass is 328 g/mol. The van der Waals surface area contributed by atoms with Gasteiger partial charge in [-0.2, -0.15) is 0 Å². The van der Waals surface area contributed by atoms with Gasteiger partial charge in [-0.3, -0.25) is 4.79 Å². The summed E-state index contributed by atoms with van der Waals surface area (Å²) in [6.07, 6.45) is 3.59. The predicted molar refractivity (Wildman–Crippen MR) is 88.9 cm³/mol. The van der Waals surface area contributed by atoms with Gasteiger partial charge in [-0.25, -0.2) is 0 Å². The van der Waals surface area contributed by atoms with E-state index < -0.39 is 0 Å². The summed E-state index contributed by atoms with van der Waals surface area (Å²) in [5, 5.41) is 15.2. The summed E-state index contributed by atoms with van der Waals surface area (Å²) in [6.45, 7) is 7.38. The number of amides is 1. The fourth-order valence-corrected chi connectivity index (χ4v) is 4.28. The minimum atomic E-state index is 0.103. The van der Waals surface area contributed by atoms with Crippen molar-refractivity contribution in [3.63, 3.8) is 0 Å². The molecule has 1 aliphatic rings. The van der Waals surface area contributed by atoms with Gasteiger partial charge < -0.3 is 10.6 Å². The molecule has 0 radical (unpaired) electrons. The Kier molecular flexibility index (Phi) is 6.29. The molecule has 1 aromatic heterocycles. The summed E-state index contributed by atoms with van der Waals surface area (Å²) >= 11 is 2.95. The third-order valence-corrected chi connectivity index (χ3v) is 6.13. The van der Waals surface area contributed by atoms with E-state index in [2.05, 4.69) is 34.7 Å². The molecule has 21 heavy (non-hydrogen) atoms. The normalized spacial score (nSPS) is 25.6. The average molecular weight is 329 g/mol. The van der Waals surface area contributed by atoms with Crippen LogP contribution in [-0.4, -0.2) is 34.4 Å². The lowest BCUT2D eigenvalue weighted by molar-refractivity contribution is -0.119. The van der Waals surface area contributed by atoms with Crippen LogP contribution in [0.15, 0.2) is 4.34 Å². The van der Waals surface area contributed by atoms with Crippen molar-refractivity contribution in [2.75, 3.05) is 17.6 Å². The molecule has 2 N–H and O–H groups in total. The molecule has 0 aromatic carbocycles. The van der Waals surface area contributed by atoms with Crippen LogP contribution in [0.2, 0.25) is 0 Å². The smallest absolute Gasteiger partial charge is 0.230 e. The lowest BCUT2D eigenvalue weighted by atomic mass is 9.78. The number of carbonyl (C=O) groups is 1. The SMILES string of the molecule is CCNc1nnc(SCC(=O)N[C@@H]2CCC[C@@H](C)[C@@H]2C)s1. The molecule has 0 bridgehead atoms. The second kappa shape index (κ2) is 7.98. The van der Waals surface area contributed by atoms with Crippen LogP contribution in [-0.2, 0) is 4.79 Å². The second-order valence-corrected chi connectivity index (χ2v) is 7.83. The highest BCUT2D eigenvalue weighted by molar-refractivity contribution is 8.01. The lowest BCUT2D eigenvalue weighted by Gasteiger charge is -2.34. The molecule has 1 heterocycles. The molecule has 0 unspecified atom stereocenters. The Balaban J connectivity index is 1.76. The van der Waals surface area contributed by atoms with Gasteiger partial charge in [-0.1, -0.05) is 49.8 Å². The van der Waals surface area contributed by atoms with Gasteiger partial charge in [0.05, 0.1) is 5.75 Å². The van der Waals surface area contributed by atoms with Crippen molar-refractivity contribution < 1.29 is 4.79 Å². The van der Waals surface area contributed by atoms with Crippen molar-refractivity contribution in [2.24, 2.45) is 11.8 Å². The zero-order valence-corrected chi connectivity index (χ0v) is 14.5. The van der Waals surface area contributed by atoms with Crippen molar-refractivity contribution in [1.82, 2.24) is 15.5 Å². The molecule has 0 spiro atoms. The van der Waals surface area contributed by atoms with Gasteiger partial charge in [0.25, 0.3) is 0 Å². The molecular weight excluding hydrogens is 304 g/mol. The van der Waals surface area contributed by atoms with Crippen LogP contribution < -0.4 is 10.6 Å². The number of aromatic nitrogens is 2. The van der Waals surface area contributed by atoms with Crippen molar-refractivity contribution in [3.05, 3.63) is 0 Å². The Bertz CT molecular complexity index is 466. The predicted octanol–water partition coefficient (Wildman–Crippen LogP) is 3.00. The number of nitrogens with zero attached hydrogens (tertiary/aromatic N) is 2. The average Bonchev–Trinajstić information content (AvgIpc) is 2.90. The highest BCUT2D eigenvalue weighted by Gasteiger charge is 2.28. The largest absolute Gasteiger partial charge is 0.360 e. The van der Waals surface area contributed by atoms with Gasteiger partial charge in [0, 0.05) is 12.6 Å². The summed E-state index contributed by atoms with van der Waals surface area (Å²) in [5.41, 5.74) is 0. The Morgan fingerprint density at radius 2 is 2.19 bits per heavy atom. The van der Waals surface area contributed by atoms with E-state index in [1.54, 1.807) is 0 Å². The van der Waals surface area contributed by atoms with Gasteiger partial charge in [0.15, 0.2) is 4.34 Å². The number of hydrogen-bond acceptors (Lipinski definition) is 6. The Morgan fingerprint density at radius 3 is 2.95 bits per heavy atom. The highest BCUT2D eigenvalue weighted by Crippen LogP contribution is 2.30. The number of anilines is 1. The van der Waals surface area contributed by atoms with Crippen LogP contribution in [0.1, 0.15) is 40.0 Å². The van der Waals surface area contributed by atoms with E-state index in [4.69, 9.17) is 0 Å². The van der Waals surface area contributed by atoms with E-state index in [0.717, 1.165) is 22.4 Å². The molecular formula is C14H24N4OS2. The minimum Gasteiger partial charge on any atom is -0.360 e. The van der Waals surface area contributed by atoms with Crippen molar-refractivity contribution >= 4 is 34.1 Å². The maximum atomic E-state index is 12.1. The van der Waals surface area contributed by atoms with Crippen LogP contribution in [0.5, 0.6) is 0 Å². The fourth-order valence-electron chi connectivity index (χ4n) is 2.65. The van der Waals surface area contributed by atoms with Gasteiger partial charge in [-0.15, -0.1) is 10.2 Å². The molecule has 0 saturated heterocycles. The lowest BCUT2D eigenvalue weighted by Crippen LogP contribution is -2.44. The summed E-state index contributed by atoms with van der Waals surface area (Å²) in [6, 6.07) is 0.327. The van der Waals surface area contributed by atoms with E-state index in [1.165, 1.54) is 35.9 Å². The number of thioether (sulfide) groups is 1. The number of carbonyl (C=O) groups excluding carboxylic acids is 1. The van der Waals surface area contributed by atoms with E-state index in [0.29, 0.717) is 23.6 Å². The van der Waals surface area contributed by atoms with E-state index >= 15 is 0 Å². The third kappa shape index (κ3) is 4.85. The molecule has 1 amide bonds. The molecule has 118 valence electrons. The summed E-state index contributed by atoms with van der Waals surface area (Å²) in [5.74, 6) is 1.78. The zero-order valence-electron chi connectivity index (χ0n) is 12.9. The number of rotatable bonds is 6. The Morgan fingerprint density at radius 1 is 1.38 bits per heavy atom. The summed E-state index contributed by atoms with van der Waals surface area (Å²) < 4.78 is 0.839.